The average molecular weight is 246 g/mol. The normalized spacial score (nSPS) is 12.4. The molecule has 0 unspecified atom stereocenters. The predicted octanol–water partition coefficient (Wildman–Crippen LogP) is 1.37. The summed E-state index contributed by atoms with van der Waals surface area (Å²) in [5.41, 5.74) is 2.50. The second-order valence-electron chi connectivity index (χ2n) is 3.92. The highest BCUT2D eigenvalue weighted by molar-refractivity contribution is 5.96. The third-order valence-corrected chi connectivity index (χ3v) is 2.22. The summed E-state index contributed by atoms with van der Waals surface area (Å²) in [5, 5.41) is 3.12. The van der Waals surface area contributed by atoms with E-state index in [1.165, 1.54) is 6.92 Å². The third kappa shape index (κ3) is 5.34. The molecule has 1 heterocycles. The minimum Gasteiger partial charge on any atom is -0.387 e. The van der Waals surface area contributed by atoms with Gasteiger partial charge >= 0.3 is 0 Å². The van der Waals surface area contributed by atoms with Crippen LogP contribution in [0.1, 0.15) is 26.5 Å². The van der Waals surface area contributed by atoms with Crippen molar-refractivity contribution < 1.29 is 4.79 Å². The highest BCUT2D eigenvalue weighted by Crippen LogP contribution is 1.94. The molecule has 0 amide bonds. The van der Waals surface area contributed by atoms with Crippen LogP contribution in [0.15, 0.2) is 35.4 Å². The quantitative estimate of drug-likeness (QED) is 0.467. The summed E-state index contributed by atoms with van der Waals surface area (Å²) < 4.78 is 0. The largest absolute Gasteiger partial charge is 0.387 e. The number of hydrogen-bond donors (Lipinski definition) is 1. The molecule has 0 saturated carbocycles. The van der Waals surface area contributed by atoms with Gasteiger partial charge in [0.25, 0.3) is 0 Å². The Morgan fingerprint density at radius 2 is 2.17 bits per heavy atom. The van der Waals surface area contributed by atoms with Gasteiger partial charge in [0.05, 0.1) is 18.5 Å². The molecule has 0 spiro atoms. The summed E-state index contributed by atoms with van der Waals surface area (Å²) in [6.07, 6.45) is 6.53. The summed E-state index contributed by atoms with van der Waals surface area (Å²) in [6, 6.07) is 0. The molecule has 1 aromatic heterocycles. The lowest BCUT2D eigenvalue weighted by Crippen LogP contribution is -2.16. The Morgan fingerprint density at radius 1 is 1.39 bits per heavy atom. The van der Waals surface area contributed by atoms with Crippen LogP contribution in [-0.4, -0.2) is 34.6 Å². The Bertz CT molecular complexity index is 451. The number of allylic oxidation sites excluding steroid dienone is 2. The van der Waals surface area contributed by atoms with Crippen LogP contribution in [0.2, 0.25) is 0 Å². The van der Waals surface area contributed by atoms with Gasteiger partial charge in [0.15, 0.2) is 5.78 Å². The van der Waals surface area contributed by atoms with Gasteiger partial charge in [0, 0.05) is 24.6 Å². The van der Waals surface area contributed by atoms with Crippen LogP contribution in [0.25, 0.3) is 0 Å². The SMILES string of the molecule is CC(=O)/C=C(\C)NCCN=C(C)c1cnccn1. The minimum atomic E-state index is 0.0410. The van der Waals surface area contributed by atoms with Crippen LogP contribution >= 0.6 is 0 Å². The van der Waals surface area contributed by atoms with Crippen LogP contribution < -0.4 is 5.32 Å². The first-order valence-corrected chi connectivity index (χ1v) is 5.80. The number of rotatable bonds is 6. The van der Waals surface area contributed by atoms with Gasteiger partial charge in [-0.1, -0.05) is 0 Å². The number of aromatic nitrogens is 2. The molecule has 0 aliphatic heterocycles. The molecule has 0 fully saturated rings. The molecule has 1 N–H and O–H groups in total. The highest BCUT2D eigenvalue weighted by atomic mass is 16.1. The first kappa shape index (κ1) is 14.0. The Balaban J connectivity index is 2.40. The number of ketones is 1. The zero-order chi connectivity index (χ0) is 13.4. The molecule has 5 nitrogen and oxygen atoms in total. The van der Waals surface area contributed by atoms with Crippen molar-refractivity contribution in [2.45, 2.75) is 20.8 Å². The van der Waals surface area contributed by atoms with E-state index < -0.39 is 0 Å². The van der Waals surface area contributed by atoms with E-state index in [-0.39, 0.29) is 5.78 Å². The van der Waals surface area contributed by atoms with Gasteiger partial charge in [0.2, 0.25) is 0 Å². The molecule has 0 aromatic carbocycles. The van der Waals surface area contributed by atoms with Crippen molar-refractivity contribution >= 4 is 11.5 Å². The fourth-order valence-electron chi connectivity index (χ4n) is 1.40. The monoisotopic (exact) mass is 246 g/mol. The molecule has 96 valence electrons. The number of nitrogens with one attached hydrogen (secondary N) is 1. The van der Waals surface area contributed by atoms with E-state index >= 15 is 0 Å². The lowest BCUT2D eigenvalue weighted by atomic mass is 10.3. The number of carbonyl (C=O) groups excluding carboxylic acids is 1. The summed E-state index contributed by atoms with van der Waals surface area (Å²) in [6.45, 7) is 6.61. The summed E-state index contributed by atoms with van der Waals surface area (Å²) >= 11 is 0. The molecule has 0 radical (unpaired) electrons. The molecule has 5 heteroatoms. The number of hydrogen-bond acceptors (Lipinski definition) is 5. The molecule has 0 aliphatic rings. The van der Waals surface area contributed by atoms with Crippen LogP contribution in [-0.2, 0) is 4.79 Å². The van der Waals surface area contributed by atoms with Crippen molar-refractivity contribution in [1.29, 1.82) is 0 Å². The molecule has 1 rings (SSSR count). The van der Waals surface area contributed by atoms with Gasteiger partial charge in [-0.05, 0) is 26.8 Å². The van der Waals surface area contributed by atoms with Gasteiger partial charge in [-0.25, -0.2) is 0 Å². The minimum absolute atomic E-state index is 0.0410. The molecular formula is C13H18N4O. The fourth-order valence-corrected chi connectivity index (χ4v) is 1.40. The maximum absolute atomic E-state index is 10.8. The lowest BCUT2D eigenvalue weighted by molar-refractivity contribution is -0.112. The first-order chi connectivity index (χ1) is 8.59. The zero-order valence-electron chi connectivity index (χ0n) is 11.0. The molecular weight excluding hydrogens is 228 g/mol. The molecule has 0 saturated heterocycles. The number of aliphatic imine (C=N–C) groups is 1. The second kappa shape index (κ2) is 7.32. The van der Waals surface area contributed by atoms with Crippen LogP contribution in [0, 0.1) is 0 Å². The lowest BCUT2D eigenvalue weighted by Gasteiger charge is -2.04. The van der Waals surface area contributed by atoms with Gasteiger partial charge in [-0.2, -0.15) is 0 Å². The summed E-state index contributed by atoms with van der Waals surface area (Å²) in [4.78, 5) is 23.4. The van der Waals surface area contributed by atoms with Crippen molar-refractivity contribution in [1.82, 2.24) is 15.3 Å². The Morgan fingerprint density at radius 3 is 2.78 bits per heavy atom. The van der Waals surface area contributed by atoms with Crippen molar-refractivity contribution in [3.63, 3.8) is 0 Å². The van der Waals surface area contributed by atoms with Crippen molar-refractivity contribution in [3.8, 4) is 0 Å². The maximum atomic E-state index is 10.8. The van der Waals surface area contributed by atoms with Crippen LogP contribution in [0.3, 0.4) is 0 Å². The van der Waals surface area contributed by atoms with E-state index in [0.717, 1.165) is 17.1 Å². The average Bonchev–Trinajstić information content (AvgIpc) is 2.34. The first-order valence-electron chi connectivity index (χ1n) is 5.80. The zero-order valence-corrected chi connectivity index (χ0v) is 11.0. The van der Waals surface area contributed by atoms with E-state index in [1.54, 1.807) is 24.7 Å². The topological polar surface area (TPSA) is 67.2 Å². The Hall–Kier alpha value is -2.04. The van der Waals surface area contributed by atoms with Gasteiger partial charge in [-0.3, -0.25) is 19.8 Å². The van der Waals surface area contributed by atoms with E-state index in [9.17, 15) is 4.79 Å². The highest BCUT2D eigenvalue weighted by Gasteiger charge is 1.97. The smallest absolute Gasteiger partial charge is 0.154 e. The van der Waals surface area contributed by atoms with Crippen molar-refractivity contribution in [3.05, 3.63) is 36.1 Å². The fraction of sp³-hybridized carbons (Fsp3) is 0.385. The standard InChI is InChI=1S/C13H18N4O/c1-10(8-11(2)18)15-6-7-16-12(3)13-9-14-4-5-17-13/h4-5,8-9,15H,6-7H2,1-3H3/b10-8+,16-12?. The van der Waals surface area contributed by atoms with Crippen LogP contribution in [0.5, 0.6) is 0 Å². The van der Waals surface area contributed by atoms with Crippen LogP contribution in [0.4, 0.5) is 0 Å². The van der Waals surface area contributed by atoms with E-state index in [0.29, 0.717) is 13.1 Å². The molecule has 0 aliphatic carbocycles. The molecule has 1 aromatic rings. The van der Waals surface area contributed by atoms with Crippen molar-refractivity contribution in [2.75, 3.05) is 13.1 Å². The predicted molar refractivity (Wildman–Crippen MR) is 71.6 cm³/mol. The van der Waals surface area contributed by atoms with E-state index in [4.69, 9.17) is 0 Å². The Labute approximate surface area is 107 Å². The number of nitrogens with zero attached hydrogens (tertiary/aromatic N) is 3. The van der Waals surface area contributed by atoms with Gasteiger partial charge in [-0.15, -0.1) is 0 Å². The molecule has 0 bridgehead atoms. The Kier molecular flexibility index (Phi) is 5.70. The second-order valence-corrected chi connectivity index (χ2v) is 3.92. The number of carbonyl (C=O) groups is 1. The third-order valence-electron chi connectivity index (χ3n) is 2.22. The maximum Gasteiger partial charge on any atom is 0.154 e. The van der Waals surface area contributed by atoms with Gasteiger partial charge < -0.3 is 5.32 Å². The molecule has 18 heavy (non-hydrogen) atoms. The van der Waals surface area contributed by atoms with Crippen molar-refractivity contribution in [2.24, 2.45) is 4.99 Å². The summed E-state index contributed by atoms with van der Waals surface area (Å²) in [7, 11) is 0. The summed E-state index contributed by atoms with van der Waals surface area (Å²) in [5.74, 6) is 0.0410. The van der Waals surface area contributed by atoms with Gasteiger partial charge in [0.1, 0.15) is 5.69 Å². The van der Waals surface area contributed by atoms with E-state index in [1.807, 2.05) is 13.8 Å². The van der Waals surface area contributed by atoms with E-state index in [2.05, 4.69) is 20.3 Å². The molecule has 0 atom stereocenters.